The average Bonchev–Trinajstić information content (AvgIpc) is 3.10. The Labute approximate surface area is 159 Å². The lowest BCUT2D eigenvalue weighted by Crippen LogP contribution is -2.02. The minimum absolute atomic E-state index is 0.318. The molecule has 1 aromatic carbocycles. The standard InChI is InChI=1S/C19H17FN6S/c1-10-8-24-19(25-13-4-3-5-14(27-2)15(13)20)26-16(10)12-9-23-17-11(12)6-7-22-18(17)21/h3-9,23H,1-2H3,(H2,21,22)(H,24,25,26). The van der Waals surface area contributed by atoms with Crippen molar-refractivity contribution in [2.24, 2.45) is 0 Å². The summed E-state index contributed by atoms with van der Waals surface area (Å²) in [6.07, 6.45) is 7.05. The molecule has 3 aromatic heterocycles. The summed E-state index contributed by atoms with van der Waals surface area (Å²) in [6.45, 7) is 1.93. The van der Waals surface area contributed by atoms with Crippen molar-refractivity contribution in [1.29, 1.82) is 0 Å². The summed E-state index contributed by atoms with van der Waals surface area (Å²) in [5, 5.41) is 3.90. The maximum atomic E-state index is 14.5. The van der Waals surface area contributed by atoms with Gasteiger partial charge in [0.2, 0.25) is 5.95 Å². The molecule has 27 heavy (non-hydrogen) atoms. The van der Waals surface area contributed by atoms with Gasteiger partial charge in [0.1, 0.15) is 5.82 Å². The Kier molecular flexibility index (Phi) is 4.41. The van der Waals surface area contributed by atoms with Crippen LogP contribution >= 0.6 is 11.8 Å². The van der Waals surface area contributed by atoms with E-state index in [-0.39, 0.29) is 5.82 Å². The third-order valence-electron chi connectivity index (χ3n) is 4.29. The molecule has 6 nitrogen and oxygen atoms in total. The fourth-order valence-corrected chi connectivity index (χ4v) is 3.44. The molecule has 0 radical (unpaired) electrons. The van der Waals surface area contributed by atoms with Gasteiger partial charge in [0.25, 0.3) is 0 Å². The van der Waals surface area contributed by atoms with Crippen molar-refractivity contribution in [3.8, 4) is 11.3 Å². The normalized spacial score (nSPS) is 11.1. The Morgan fingerprint density at radius 3 is 2.89 bits per heavy atom. The van der Waals surface area contributed by atoms with Gasteiger partial charge in [-0.2, -0.15) is 0 Å². The molecule has 0 atom stereocenters. The highest BCUT2D eigenvalue weighted by Crippen LogP contribution is 2.32. The zero-order valence-electron chi connectivity index (χ0n) is 14.7. The van der Waals surface area contributed by atoms with Crippen LogP contribution in [0.15, 0.2) is 47.8 Å². The van der Waals surface area contributed by atoms with Crippen molar-refractivity contribution in [3.63, 3.8) is 0 Å². The molecule has 4 N–H and O–H groups in total. The predicted octanol–water partition coefficient (Wildman–Crippen LogP) is 4.52. The average molecular weight is 380 g/mol. The number of nitrogens with two attached hydrogens (primary N) is 1. The largest absolute Gasteiger partial charge is 0.382 e. The first-order valence-electron chi connectivity index (χ1n) is 8.23. The van der Waals surface area contributed by atoms with Gasteiger partial charge in [-0.25, -0.2) is 19.3 Å². The molecule has 0 aliphatic heterocycles. The number of rotatable bonds is 4. The smallest absolute Gasteiger partial charge is 0.227 e. The number of aromatic nitrogens is 4. The molecule has 0 unspecified atom stereocenters. The van der Waals surface area contributed by atoms with Crippen LogP contribution in [0.25, 0.3) is 22.2 Å². The van der Waals surface area contributed by atoms with Gasteiger partial charge in [-0.15, -0.1) is 11.8 Å². The summed E-state index contributed by atoms with van der Waals surface area (Å²) in [7, 11) is 0. The first-order chi connectivity index (χ1) is 13.1. The number of hydrogen-bond donors (Lipinski definition) is 3. The lowest BCUT2D eigenvalue weighted by atomic mass is 10.1. The van der Waals surface area contributed by atoms with E-state index in [1.807, 2.05) is 25.4 Å². The van der Waals surface area contributed by atoms with E-state index in [2.05, 4.69) is 25.3 Å². The lowest BCUT2D eigenvalue weighted by molar-refractivity contribution is 0.606. The molecule has 0 aliphatic rings. The highest BCUT2D eigenvalue weighted by Gasteiger charge is 2.14. The molecule has 0 amide bonds. The monoisotopic (exact) mass is 380 g/mol. The minimum Gasteiger partial charge on any atom is -0.382 e. The van der Waals surface area contributed by atoms with Gasteiger partial charge in [-0.05, 0) is 36.9 Å². The van der Waals surface area contributed by atoms with Crippen molar-refractivity contribution >= 4 is 40.1 Å². The third-order valence-corrected chi connectivity index (χ3v) is 5.04. The number of nitrogens with one attached hydrogen (secondary N) is 2. The number of fused-ring (bicyclic) bond motifs is 1. The zero-order valence-corrected chi connectivity index (χ0v) is 15.6. The molecule has 4 rings (SSSR count). The van der Waals surface area contributed by atoms with Crippen molar-refractivity contribution < 1.29 is 4.39 Å². The molecule has 0 fully saturated rings. The SMILES string of the molecule is CSc1cccc(Nc2ncc(C)c(-c3c[nH]c4c(N)nccc34)n2)c1F. The van der Waals surface area contributed by atoms with Gasteiger partial charge in [-0.1, -0.05) is 6.07 Å². The van der Waals surface area contributed by atoms with Crippen LogP contribution in [-0.2, 0) is 0 Å². The van der Waals surface area contributed by atoms with E-state index in [9.17, 15) is 4.39 Å². The number of anilines is 3. The summed E-state index contributed by atoms with van der Waals surface area (Å²) in [5.74, 6) is 0.436. The zero-order chi connectivity index (χ0) is 19.0. The number of halogens is 1. The van der Waals surface area contributed by atoms with Crippen LogP contribution in [0.5, 0.6) is 0 Å². The number of nitrogens with zero attached hydrogens (tertiary/aromatic N) is 3. The van der Waals surface area contributed by atoms with E-state index in [1.165, 1.54) is 11.8 Å². The highest BCUT2D eigenvalue weighted by atomic mass is 32.2. The topological polar surface area (TPSA) is 92.5 Å². The van der Waals surface area contributed by atoms with Gasteiger partial charge >= 0.3 is 0 Å². The van der Waals surface area contributed by atoms with Crippen LogP contribution < -0.4 is 11.1 Å². The number of aromatic amines is 1. The van der Waals surface area contributed by atoms with Gasteiger partial charge in [0.15, 0.2) is 5.82 Å². The summed E-state index contributed by atoms with van der Waals surface area (Å²) < 4.78 is 14.5. The molecule has 136 valence electrons. The van der Waals surface area contributed by atoms with Crippen molar-refractivity contribution in [3.05, 3.63) is 54.2 Å². The van der Waals surface area contributed by atoms with Gasteiger partial charge in [0.05, 0.1) is 16.9 Å². The Balaban J connectivity index is 1.77. The van der Waals surface area contributed by atoms with E-state index < -0.39 is 0 Å². The fourth-order valence-electron chi connectivity index (χ4n) is 2.93. The van der Waals surface area contributed by atoms with Crippen LogP contribution in [0.4, 0.5) is 21.8 Å². The van der Waals surface area contributed by atoms with E-state index in [0.29, 0.717) is 22.3 Å². The molecule has 0 saturated carbocycles. The number of hydrogen-bond acceptors (Lipinski definition) is 6. The number of pyridine rings is 1. The van der Waals surface area contributed by atoms with Gasteiger partial charge in [0, 0.05) is 34.4 Å². The quantitative estimate of drug-likeness (QED) is 0.451. The maximum Gasteiger partial charge on any atom is 0.227 e. The Hall–Kier alpha value is -3.13. The van der Waals surface area contributed by atoms with Gasteiger partial charge in [-0.3, -0.25) is 0 Å². The highest BCUT2D eigenvalue weighted by molar-refractivity contribution is 7.98. The number of aryl methyl sites for hydroxylation is 1. The number of thioether (sulfide) groups is 1. The lowest BCUT2D eigenvalue weighted by Gasteiger charge is -2.10. The number of nitrogen functional groups attached to an aromatic ring is 1. The van der Waals surface area contributed by atoms with E-state index in [1.54, 1.807) is 30.6 Å². The summed E-state index contributed by atoms with van der Waals surface area (Å²) in [4.78, 5) is 16.7. The van der Waals surface area contributed by atoms with E-state index in [0.717, 1.165) is 27.7 Å². The Morgan fingerprint density at radius 2 is 2.07 bits per heavy atom. The molecular formula is C19H17FN6S. The van der Waals surface area contributed by atoms with Crippen LogP contribution in [0.2, 0.25) is 0 Å². The molecule has 4 aromatic rings. The number of benzene rings is 1. The van der Waals surface area contributed by atoms with Crippen LogP contribution in [0.1, 0.15) is 5.56 Å². The molecule has 3 heterocycles. The van der Waals surface area contributed by atoms with Crippen LogP contribution in [0.3, 0.4) is 0 Å². The van der Waals surface area contributed by atoms with Crippen LogP contribution in [0, 0.1) is 12.7 Å². The summed E-state index contributed by atoms with van der Waals surface area (Å²) in [5.41, 5.74) is 9.56. The molecule has 0 spiro atoms. The van der Waals surface area contributed by atoms with Gasteiger partial charge < -0.3 is 16.0 Å². The number of H-pyrrole nitrogens is 1. The van der Waals surface area contributed by atoms with E-state index >= 15 is 0 Å². The first-order valence-corrected chi connectivity index (χ1v) is 9.46. The van der Waals surface area contributed by atoms with Crippen LogP contribution in [-0.4, -0.2) is 26.2 Å². The van der Waals surface area contributed by atoms with Crippen molar-refractivity contribution in [1.82, 2.24) is 19.9 Å². The second-order valence-corrected chi connectivity index (χ2v) is 6.84. The first kappa shape index (κ1) is 17.3. The molecule has 0 bridgehead atoms. The van der Waals surface area contributed by atoms with Crippen molar-refractivity contribution in [2.75, 3.05) is 17.3 Å². The Morgan fingerprint density at radius 1 is 1.22 bits per heavy atom. The maximum absolute atomic E-state index is 14.5. The summed E-state index contributed by atoms with van der Waals surface area (Å²) >= 11 is 1.35. The molecule has 8 heteroatoms. The predicted molar refractivity (Wildman–Crippen MR) is 108 cm³/mol. The van der Waals surface area contributed by atoms with Crippen molar-refractivity contribution in [2.45, 2.75) is 11.8 Å². The molecular weight excluding hydrogens is 363 g/mol. The summed E-state index contributed by atoms with van der Waals surface area (Å²) in [6, 6.07) is 7.07. The second kappa shape index (κ2) is 6.88. The minimum atomic E-state index is -0.318. The third kappa shape index (κ3) is 3.08. The molecule has 0 saturated heterocycles. The Bertz CT molecular complexity index is 1140. The fraction of sp³-hybridized carbons (Fsp3) is 0.105. The molecule has 0 aliphatic carbocycles. The second-order valence-electron chi connectivity index (χ2n) is 5.99. The van der Waals surface area contributed by atoms with E-state index in [4.69, 9.17) is 5.73 Å².